The van der Waals surface area contributed by atoms with Gasteiger partial charge in [0.25, 0.3) is 0 Å². The largest absolute Gasteiger partial charge is 0.507 e. The molecule has 4 nitrogen and oxygen atoms in total. The molecule has 1 fully saturated rings. The van der Waals surface area contributed by atoms with Crippen molar-refractivity contribution in [2.45, 2.75) is 41.0 Å². The topological polar surface area (TPSA) is 49.2 Å². The molecule has 1 saturated heterocycles. The van der Waals surface area contributed by atoms with E-state index in [1.807, 2.05) is 39.0 Å². The summed E-state index contributed by atoms with van der Waals surface area (Å²) in [7, 11) is 0. The predicted octanol–water partition coefficient (Wildman–Crippen LogP) is 4.67. The maximum absolute atomic E-state index is 10.0. The molecule has 2 unspecified atom stereocenters. The van der Waals surface area contributed by atoms with E-state index in [2.05, 4.69) is 35.0 Å². The van der Waals surface area contributed by atoms with Gasteiger partial charge in [0.1, 0.15) is 5.75 Å². The van der Waals surface area contributed by atoms with Crippen molar-refractivity contribution in [1.82, 2.24) is 10.2 Å². The van der Waals surface area contributed by atoms with Gasteiger partial charge in [-0.05, 0) is 37.0 Å². The van der Waals surface area contributed by atoms with E-state index in [0.29, 0.717) is 5.92 Å². The number of aromatic hydroxyl groups is 1. The Morgan fingerprint density at radius 3 is 2.50 bits per heavy atom. The van der Waals surface area contributed by atoms with Crippen LogP contribution in [0.3, 0.4) is 0 Å². The molecule has 1 N–H and O–H groups in total. The van der Waals surface area contributed by atoms with E-state index in [0.717, 1.165) is 41.6 Å². The van der Waals surface area contributed by atoms with Crippen molar-refractivity contribution < 1.29 is 5.11 Å². The molecule has 0 saturated carbocycles. The molecule has 130 valence electrons. The first-order valence-corrected chi connectivity index (χ1v) is 8.97. The van der Waals surface area contributed by atoms with E-state index in [4.69, 9.17) is 0 Å². The zero-order valence-corrected chi connectivity index (χ0v) is 15.5. The summed E-state index contributed by atoms with van der Waals surface area (Å²) in [6, 6.07) is 9.33. The molecule has 0 radical (unpaired) electrons. The Labute approximate surface area is 145 Å². The van der Waals surface area contributed by atoms with Crippen molar-refractivity contribution in [1.29, 1.82) is 0 Å². The molecular weight excluding hydrogens is 298 g/mol. The van der Waals surface area contributed by atoms with Crippen molar-refractivity contribution in [3.8, 4) is 17.0 Å². The van der Waals surface area contributed by atoms with Crippen LogP contribution < -0.4 is 4.90 Å². The fourth-order valence-electron chi connectivity index (χ4n) is 3.35. The lowest BCUT2D eigenvalue weighted by Crippen LogP contribution is -2.21. The lowest BCUT2D eigenvalue weighted by Gasteiger charge is -2.20. The number of hydrogen-bond donors (Lipinski definition) is 1. The van der Waals surface area contributed by atoms with Gasteiger partial charge in [0, 0.05) is 18.7 Å². The molecule has 0 spiro atoms. The smallest absolute Gasteiger partial charge is 0.125 e. The minimum Gasteiger partial charge on any atom is -0.507 e. The lowest BCUT2D eigenvalue weighted by atomic mass is 9.96. The van der Waals surface area contributed by atoms with Crippen LogP contribution >= 0.6 is 0 Å². The lowest BCUT2D eigenvalue weighted by molar-refractivity contribution is 0.440. The number of aryl methyl sites for hydroxylation is 1. The van der Waals surface area contributed by atoms with Crippen LogP contribution in [0.2, 0.25) is 0 Å². The molecule has 1 aliphatic rings. The summed E-state index contributed by atoms with van der Waals surface area (Å²) < 4.78 is 0. The second-order valence-electron chi connectivity index (χ2n) is 6.27. The van der Waals surface area contributed by atoms with Crippen LogP contribution in [0.1, 0.15) is 39.8 Å². The van der Waals surface area contributed by atoms with Crippen LogP contribution in [0.15, 0.2) is 30.3 Å². The highest BCUT2D eigenvalue weighted by Crippen LogP contribution is 2.34. The first-order chi connectivity index (χ1) is 11.6. The molecule has 2 heterocycles. The third-order valence-corrected chi connectivity index (χ3v) is 4.76. The zero-order valence-electron chi connectivity index (χ0n) is 15.5. The monoisotopic (exact) mass is 327 g/mol. The Kier molecular flexibility index (Phi) is 6.18. The molecule has 1 aromatic carbocycles. The second-order valence-corrected chi connectivity index (χ2v) is 6.27. The van der Waals surface area contributed by atoms with E-state index < -0.39 is 0 Å². The number of phenols is 1. The first kappa shape index (κ1) is 18.2. The van der Waals surface area contributed by atoms with Gasteiger partial charge < -0.3 is 10.0 Å². The van der Waals surface area contributed by atoms with E-state index in [1.165, 1.54) is 6.42 Å². The molecular formula is C20H29N3O. The molecule has 3 rings (SSSR count). The Morgan fingerprint density at radius 2 is 1.88 bits per heavy atom. The van der Waals surface area contributed by atoms with E-state index >= 15 is 0 Å². The summed E-state index contributed by atoms with van der Waals surface area (Å²) in [4.78, 5) is 2.41. The number of para-hydroxylation sites is 1. The average Bonchev–Trinajstić information content (AvgIpc) is 2.98. The molecule has 4 heteroatoms. The molecule has 1 aliphatic heterocycles. The third-order valence-electron chi connectivity index (χ3n) is 4.76. The molecule has 0 bridgehead atoms. The fourth-order valence-corrected chi connectivity index (χ4v) is 3.35. The van der Waals surface area contributed by atoms with Crippen molar-refractivity contribution in [2.24, 2.45) is 11.8 Å². The summed E-state index contributed by atoms with van der Waals surface area (Å²) in [5, 5.41) is 18.6. The van der Waals surface area contributed by atoms with Gasteiger partial charge in [0.15, 0.2) is 0 Å². The van der Waals surface area contributed by atoms with Gasteiger partial charge in [-0.25, -0.2) is 0 Å². The Morgan fingerprint density at radius 1 is 1.17 bits per heavy atom. The highest BCUT2D eigenvalue weighted by Gasteiger charge is 2.29. The van der Waals surface area contributed by atoms with Crippen LogP contribution in [0.25, 0.3) is 11.3 Å². The summed E-state index contributed by atoms with van der Waals surface area (Å²) in [6.45, 7) is 12.7. The number of phenolic OH excluding ortho intramolecular Hbond substituents is 1. The summed E-state index contributed by atoms with van der Waals surface area (Å²) in [5.74, 6) is 1.68. The first-order valence-electron chi connectivity index (χ1n) is 8.97. The van der Waals surface area contributed by atoms with Crippen molar-refractivity contribution in [3.63, 3.8) is 0 Å². The molecule has 2 atom stereocenters. The number of benzene rings is 1. The highest BCUT2D eigenvalue weighted by molar-refractivity contribution is 5.70. The van der Waals surface area contributed by atoms with Gasteiger partial charge in [-0.1, -0.05) is 46.2 Å². The van der Waals surface area contributed by atoms with Crippen LogP contribution in [0.5, 0.6) is 5.75 Å². The van der Waals surface area contributed by atoms with E-state index in [1.54, 1.807) is 6.07 Å². The Bertz CT molecular complexity index is 672. The molecule has 2 aromatic rings. The third kappa shape index (κ3) is 3.69. The normalized spacial score (nSPS) is 19.8. The van der Waals surface area contributed by atoms with Crippen LogP contribution in [-0.2, 0) is 0 Å². The van der Waals surface area contributed by atoms with Gasteiger partial charge in [0.05, 0.1) is 17.1 Å². The average molecular weight is 327 g/mol. The number of nitrogens with zero attached hydrogens (tertiary/aromatic N) is 3. The minimum absolute atomic E-state index is 0.243. The second kappa shape index (κ2) is 8.13. The summed E-state index contributed by atoms with van der Waals surface area (Å²) >= 11 is 0. The van der Waals surface area contributed by atoms with Gasteiger partial charge in [-0.15, -0.1) is 5.10 Å². The Hall–Kier alpha value is -2.10. The van der Waals surface area contributed by atoms with Gasteiger partial charge in [0.2, 0.25) is 0 Å². The van der Waals surface area contributed by atoms with Crippen LogP contribution in [-0.4, -0.2) is 28.4 Å². The minimum atomic E-state index is 0.243. The maximum Gasteiger partial charge on any atom is 0.125 e. The molecule has 0 amide bonds. The number of rotatable bonds is 3. The fraction of sp³-hybridized carbons (Fsp3) is 0.500. The standard InChI is InChI=1S/C18H23N3O.C2H6/c1-4-14-11-21(10-12(14)2)17-9-16(20-19-13(17)3)15-7-5-6-8-18(15)22;1-2/h5-9,12,14,22H,4,10-11H2,1-3H3;1-2H3. The van der Waals surface area contributed by atoms with Gasteiger partial charge >= 0.3 is 0 Å². The predicted molar refractivity (Wildman–Crippen MR) is 100 cm³/mol. The van der Waals surface area contributed by atoms with E-state index in [-0.39, 0.29) is 5.75 Å². The number of anilines is 1. The van der Waals surface area contributed by atoms with Crippen molar-refractivity contribution in [2.75, 3.05) is 18.0 Å². The zero-order chi connectivity index (χ0) is 17.7. The van der Waals surface area contributed by atoms with E-state index in [9.17, 15) is 5.11 Å². The summed E-state index contributed by atoms with van der Waals surface area (Å²) in [5.41, 5.74) is 3.54. The molecule has 24 heavy (non-hydrogen) atoms. The summed E-state index contributed by atoms with van der Waals surface area (Å²) in [6.07, 6.45) is 1.21. The molecule has 1 aromatic heterocycles. The number of hydrogen-bond acceptors (Lipinski definition) is 4. The highest BCUT2D eigenvalue weighted by atomic mass is 16.3. The maximum atomic E-state index is 10.0. The Balaban J connectivity index is 0.00000100. The van der Waals surface area contributed by atoms with Crippen molar-refractivity contribution >= 4 is 5.69 Å². The van der Waals surface area contributed by atoms with Crippen molar-refractivity contribution in [3.05, 3.63) is 36.0 Å². The van der Waals surface area contributed by atoms with Crippen LogP contribution in [0.4, 0.5) is 5.69 Å². The number of aromatic nitrogens is 2. The van der Waals surface area contributed by atoms with Gasteiger partial charge in [-0.3, -0.25) is 0 Å². The molecule has 0 aliphatic carbocycles. The quantitative estimate of drug-likeness (QED) is 0.890. The van der Waals surface area contributed by atoms with Gasteiger partial charge in [-0.2, -0.15) is 5.10 Å². The van der Waals surface area contributed by atoms with Crippen LogP contribution in [0, 0.1) is 18.8 Å². The SMILES string of the molecule is CC.CCC1CN(c2cc(-c3ccccc3O)nnc2C)CC1C.